The summed E-state index contributed by atoms with van der Waals surface area (Å²) in [5.74, 6) is 0.0839. The van der Waals surface area contributed by atoms with Gasteiger partial charge in [0.05, 0.1) is 12.7 Å². The molecule has 1 heterocycles. The van der Waals surface area contributed by atoms with Crippen LogP contribution < -0.4 is 0 Å². The first-order chi connectivity index (χ1) is 7.29. The fourth-order valence-corrected chi connectivity index (χ4v) is 1.51. The lowest BCUT2D eigenvalue weighted by Gasteiger charge is -2.11. The van der Waals surface area contributed by atoms with Crippen molar-refractivity contribution in [3.63, 3.8) is 0 Å². The molecule has 1 aliphatic heterocycles. The molecule has 0 saturated carbocycles. The molecule has 0 aromatic rings. The Morgan fingerprint density at radius 1 is 1.27 bits per heavy atom. The van der Waals surface area contributed by atoms with E-state index in [2.05, 4.69) is 6.58 Å². The molecule has 82 valence electrons. The van der Waals surface area contributed by atoms with E-state index in [0.29, 0.717) is 6.61 Å². The first-order valence-electron chi connectivity index (χ1n) is 5.18. The number of ether oxygens (including phenoxy) is 1. The molecule has 0 spiro atoms. The molecule has 0 aromatic carbocycles. The second kappa shape index (κ2) is 6.38. The minimum atomic E-state index is -0.456. The normalized spacial score (nSPS) is 32.3. The van der Waals surface area contributed by atoms with Crippen LogP contribution in [0.25, 0.3) is 0 Å². The van der Waals surface area contributed by atoms with Crippen molar-refractivity contribution >= 4 is 0 Å². The van der Waals surface area contributed by atoms with Gasteiger partial charge in [0.1, 0.15) is 6.10 Å². The van der Waals surface area contributed by atoms with Crippen LogP contribution in [-0.2, 0) is 4.74 Å². The Kier molecular flexibility index (Phi) is 5.08. The summed E-state index contributed by atoms with van der Waals surface area (Å²) >= 11 is 0. The molecule has 15 heavy (non-hydrogen) atoms. The third kappa shape index (κ3) is 3.50. The maximum absolute atomic E-state index is 9.89. The number of aliphatic hydroxyl groups is 1. The van der Waals surface area contributed by atoms with Crippen LogP contribution in [0.2, 0.25) is 0 Å². The Bertz CT molecular complexity index is 276. The Morgan fingerprint density at radius 3 is 2.73 bits per heavy atom. The Hall–Kier alpha value is -1.12. The molecule has 0 amide bonds. The standard InChI is InChI=1S/C13H18O2/c1-3-5-7-8-11-10-15-12(13(11)14)9-6-4-2/h3-9,11-14H,2,10H2,1H3/b5-3+,8-7+,9-6+. The molecule has 1 N–H and O–H groups in total. The number of hydrogen-bond donors (Lipinski definition) is 1. The molecular formula is C13H18O2. The molecule has 0 radical (unpaired) electrons. The lowest BCUT2D eigenvalue weighted by molar-refractivity contribution is 0.0724. The molecule has 0 aliphatic carbocycles. The Balaban J connectivity index is 2.51. The number of aliphatic hydroxyl groups excluding tert-OH is 1. The summed E-state index contributed by atoms with van der Waals surface area (Å²) in [4.78, 5) is 0. The highest BCUT2D eigenvalue weighted by Gasteiger charge is 2.32. The van der Waals surface area contributed by atoms with Crippen LogP contribution in [0.5, 0.6) is 0 Å². The van der Waals surface area contributed by atoms with E-state index < -0.39 is 6.10 Å². The molecule has 1 rings (SSSR count). The van der Waals surface area contributed by atoms with Crippen LogP contribution >= 0.6 is 0 Å². The molecule has 2 heteroatoms. The lowest BCUT2D eigenvalue weighted by atomic mass is 10.0. The van der Waals surface area contributed by atoms with Crippen molar-refractivity contribution in [3.05, 3.63) is 49.1 Å². The van der Waals surface area contributed by atoms with Gasteiger partial charge in [-0.2, -0.15) is 0 Å². The Labute approximate surface area is 91.3 Å². The zero-order chi connectivity index (χ0) is 11.1. The topological polar surface area (TPSA) is 29.5 Å². The van der Waals surface area contributed by atoms with Crippen LogP contribution in [0.4, 0.5) is 0 Å². The minimum Gasteiger partial charge on any atom is -0.389 e. The van der Waals surface area contributed by atoms with Gasteiger partial charge in [-0.15, -0.1) is 0 Å². The van der Waals surface area contributed by atoms with Gasteiger partial charge < -0.3 is 9.84 Å². The van der Waals surface area contributed by atoms with E-state index in [1.165, 1.54) is 0 Å². The molecule has 1 saturated heterocycles. The van der Waals surface area contributed by atoms with Gasteiger partial charge in [0, 0.05) is 5.92 Å². The zero-order valence-corrected chi connectivity index (χ0v) is 9.04. The zero-order valence-electron chi connectivity index (χ0n) is 9.04. The molecule has 1 fully saturated rings. The van der Waals surface area contributed by atoms with E-state index >= 15 is 0 Å². The summed E-state index contributed by atoms with van der Waals surface area (Å²) in [5, 5.41) is 9.89. The number of hydrogen-bond acceptors (Lipinski definition) is 2. The van der Waals surface area contributed by atoms with Gasteiger partial charge in [-0.1, -0.05) is 49.1 Å². The fraction of sp³-hybridized carbons (Fsp3) is 0.385. The lowest BCUT2D eigenvalue weighted by Crippen LogP contribution is -2.23. The SMILES string of the molecule is C=C/C=C/C1OCC(/C=C/C=C/C)C1O. The van der Waals surface area contributed by atoms with E-state index in [9.17, 15) is 5.11 Å². The van der Waals surface area contributed by atoms with Crippen molar-refractivity contribution < 1.29 is 9.84 Å². The van der Waals surface area contributed by atoms with Crippen LogP contribution in [0.3, 0.4) is 0 Å². The quantitative estimate of drug-likeness (QED) is 0.715. The van der Waals surface area contributed by atoms with Crippen LogP contribution in [-0.4, -0.2) is 23.9 Å². The minimum absolute atomic E-state index is 0.0839. The summed E-state index contributed by atoms with van der Waals surface area (Å²) in [6.45, 7) is 6.11. The maximum atomic E-state index is 9.89. The van der Waals surface area contributed by atoms with Crippen molar-refractivity contribution in [1.82, 2.24) is 0 Å². The van der Waals surface area contributed by atoms with E-state index in [1.807, 2.05) is 37.3 Å². The van der Waals surface area contributed by atoms with Crippen LogP contribution in [0.15, 0.2) is 49.1 Å². The Morgan fingerprint density at radius 2 is 2.07 bits per heavy atom. The van der Waals surface area contributed by atoms with Gasteiger partial charge >= 0.3 is 0 Å². The van der Waals surface area contributed by atoms with E-state index in [1.54, 1.807) is 12.2 Å². The second-order valence-electron chi connectivity index (χ2n) is 3.48. The van der Waals surface area contributed by atoms with Gasteiger partial charge in [-0.05, 0) is 6.92 Å². The molecule has 3 unspecified atom stereocenters. The summed E-state index contributed by atoms with van der Waals surface area (Å²) < 4.78 is 5.45. The molecular weight excluding hydrogens is 188 g/mol. The molecule has 0 bridgehead atoms. The van der Waals surface area contributed by atoms with Crippen molar-refractivity contribution in [2.24, 2.45) is 5.92 Å². The van der Waals surface area contributed by atoms with Crippen molar-refractivity contribution in [2.45, 2.75) is 19.1 Å². The first-order valence-corrected chi connectivity index (χ1v) is 5.18. The average molecular weight is 206 g/mol. The van der Waals surface area contributed by atoms with Gasteiger partial charge in [0.15, 0.2) is 0 Å². The maximum Gasteiger partial charge on any atom is 0.102 e. The van der Waals surface area contributed by atoms with Gasteiger partial charge in [0.2, 0.25) is 0 Å². The second-order valence-corrected chi connectivity index (χ2v) is 3.48. The van der Waals surface area contributed by atoms with Crippen LogP contribution in [0.1, 0.15) is 6.92 Å². The third-order valence-corrected chi connectivity index (χ3v) is 2.36. The van der Waals surface area contributed by atoms with Crippen molar-refractivity contribution in [3.8, 4) is 0 Å². The summed E-state index contributed by atoms with van der Waals surface area (Å²) in [6.07, 6.45) is 12.5. The number of rotatable bonds is 4. The van der Waals surface area contributed by atoms with Gasteiger partial charge in [-0.3, -0.25) is 0 Å². The monoisotopic (exact) mass is 206 g/mol. The van der Waals surface area contributed by atoms with Gasteiger partial charge in [0.25, 0.3) is 0 Å². The molecule has 2 nitrogen and oxygen atoms in total. The van der Waals surface area contributed by atoms with E-state index in [4.69, 9.17) is 4.74 Å². The van der Waals surface area contributed by atoms with Crippen molar-refractivity contribution in [1.29, 1.82) is 0 Å². The van der Waals surface area contributed by atoms with Gasteiger partial charge in [-0.25, -0.2) is 0 Å². The van der Waals surface area contributed by atoms with E-state index in [0.717, 1.165) is 0 Å². The smallest absolute Gasteiger partial charge is 0.102 e. The molecule has 3 atom stereocenters. The number of allylic oxidation sites excluding steroid dienone is 5. The highest BCUT2D eigenvalue weighted by molar-refractivity contribution is 5.11. The predicted molar refractivity (Wildman–Crippen MR) is 62.5 cm³/mol. The third-order valence-electron chi connectivity index (χ3n) is 2.36. The molecule has 0 aromatic heterocycles. The largest absolute Gasteiger partial charge is 0.389 e. The highest BCUT2D eigenvalue weighted by Crippen LogP contribution is 2.22. The summed E-state index contributed by atoms with van der Waals surface area (Å²) in [6, 6.07) is 0. The summed E-state index contributed by atoms with van der Waals surface area (Å²) in [7, 11) is 0. The summed E-state index contributed by atoms with van der Waals surface area (Å²) in [5.41, 5.74) is 0. The predicted octanol–water partition coefficient (Wildman–Crippen LogP) is 2.24. The molecule has 1 aliphatic rings. The van der Waals surface area contributed by atoms with Crippen molar-refractivity contribution in [2.75, 3.05) is 6.61 Å². The van der Waals surface area contributed by atoms with E-state index in [-0.39, 0.29) is 12.0 Å². The first kappa shape index (κ1) is 12.0. The van der Waals surface area contributed by atoms with Crippen LogP contribution in [0, 0.1) is 5.92 Å². The fourth-order valence-electron chi connectivity index (χ4n) is 1.51. The average Bonchev–Trinajstić information content (AvgIpc) is 2.58. The highest BCUT2D eigenvalue weighted by atomic mass is 16.5.